The summed E-state index contributed by atoms with van der Waals surface area (Å²) in [5, 5.41) is 8.91. The van der Waals surface area contributed by atoms with Gasteiger partial charge in [-0.15, -0.1) is 0 Å². The highest BCUT2D eigenvalue weighted by molar-refractivity contribution is 5.87. The van der Waals surface area contributed by atoms with E-state index in [1.165, 1.54) is 0 Å². The predicted molar refractivity (Wildman–Crippen MR) is 49.6 cm³/mol. The zero-order valence-electron chi connectivity index (χ0n) is 8.27. The number of carboxylic acids is 1. The van der Waals surface area contributed by atoms with Gasteiger partial charge in [0.2, 0.25) is 5.91 Å². The monoisotopic (exact) mass is 197 g/mol. The van der Waals surface area contributed by atoms with Gasteiger partial charge in [-0.25, -0.2) is 4.79 Å². The third-order valence-electron chi connectivity index (χ3n) is 3.25. The van der Waals surface area contributed by atoms with Gasteiger partial charge in [-0.2, -0.15) is 0 Å². The first kappa shape index (κ1) is 9.49. The molecule has 1 N–H and O–H groups in total. The average molecular weight is 197 g/mol. The molecule has 1 amide bonds. The van der Waals surface area contributed by atoms with Gasteiger partial charge in [0.25, 0.3) is 0 Å². The number of aliphatic carboxylic acids is 1. The maximum Gasteiger partial charge on any atom is 0.326 e. The van der Waals surface area contributed by atoms with Crippen molar-refractivity contribution in [3.05, 3.63) is 0 Å². The van der Waals surface area contributed by atoms with E-state index in [4.69, 9.17) is 5.11 Å². The lowest BCUT2D eigenvalue weighted by atomic mass is 10.2. The molecule has 0 aromatic rings. The van der Waals surface area contributed by atoms with Crippen molar-refractivity contribution >= 4 is 11.9 Å². The first-order valence-electron chi connectivity index (χ1n) is 5.14. The summed E-state index contributed by atoms with van der Waals surface area (Å²) < 4.78 is 0. The lowest BCUT2D eigenvalue weighted by Gasteiger charge is -2.21. The molecule has 0 radical (unpaired) electrons. The maximum absolute atomic E-state index is 11.8. The highest BCUT2D eigenvalue weighted by Crippen LogP contribution is 2.40. The minimum Gasteiger partial charge on any atom is -0.480 e. The summed E-state index contributed by atoms with van der Waals surface area (Å²) in [4.78, 5) is 24.2. The highest BCUT2D eigenvalue weighted by Gasteiger charge is 2.45. The molecule has 1 heterocycles. The zero-order valence-corrected chi connectivity index (χ0v) is 8.27. The van der Waals surface area contributed by atoms with Crippen molar-refractivity contribution in [1.82, 2.24) is 4.90 Å². The fraction of sp³-hybridized carbons (Fsp3) is 0.800. The standard InChI is InChI=1S/C10H15NO3/c1-6-5-7(6)9(12)11-4-2-3-8(11)10(13)14/h6-8H,2-5H2,1H3,(H,13,14)/t6-,7-,8+/m0/s1. The molecule has 1 saturated heterocycles. The molecule has 1 aliphatic carbocycles. The number of nitrogens with zero attached hydrogens (tertiary/aromatic N) is 1. The number of carboxylic acid groups (broad SMARTS) is 1. The van der Waals surface area contributed by atoms with Gasteiger partial charge < -0.3 is 10.0 Å². The molecule has 2 aliphatic rings. The van der Waals surface area contributed by atoms with Crippen LogP contribution < -0.4 is 0 Å². The number of amides is 1. The van der Waals surface area contributed by atoms with Gasteiger partial charge in [-0.1, -0.05) is 6.92 Å². The minimum atomic E-state index is -0.857. The van der Waals surface area contributed by atoms with Crippen molar-refractivity contribution in [3.8, 4) is 0 Å². The van der Waals surface area contributed by atoms with Gasteiger partial charge in [0.1, 0.15) is 6.04 Å². The van der Waals surface area contributed by atoms with E-state index >= 15 is 0 Å². The first-order chi connectivity index (χ1) is 6.61. The van der Waals surface area contributed by atoms with Crippen LogP contribution in [0.1, 0.15) is 26.2 Å². The van der Waals surface area contributed by atoms with Crippen molar-refractivity contribution in [2.75, 3.05) is 6.54 Å². The summed E-state index contributed by atoms with van der Waals surface area (Å²) in [7, 11) is 0. The van der Waals surface area contributed by atoms with Crippen LogP contribution in [-0.4, -0.2) is 34.5 Å². The Bertz CT molecular complexity index is 277. The first-order valence-corrected chi connectivity index (χ1v) is 5.14. The Morgan fingerprint density at radius 2 is 2.07 bits per heavy atom. The Kier molecular flexibility index (Phi) is 2.21. The Morgan fingerprint density at radius 1 is 1.43 bits per heavy atom. The second kappa shape index (κ2) is 3.26. The molecule has 0 unspecified atom stereocenters. The summed E-state index contributed by atoms with van der Waals surface area (Å²) in [5.74, 6) is -0.237. The number of rotatable bonds is 2. The van der Waals surface area contributed by atoms with Crippen molar-refractivity contribution in [2.45, 2.75) is 32.2 Å². The summed E-state index contributed by atoms with van der Waals surface area (Å²) >= 11 is 0. The molecular formula is C10H15NO3. The summed E-state index contributed by atoms with van der Waals surface area (Å²) in [5.41, 5.74) is 0. The second-order valence-corrected chi connectivity index (χ2v) is 4.35. The predicted octanol–water partition coefficient (Wildman–Crippen LogP) is 0.718. The van der Waals surface area contributed by atoms with Crippen molar-refractivity contribution in [1.29, 1.82) is 0 Å². The van der Waals surface area contributed by atoms with Crippen LogP contribution in [0.2, 0.25) is 0 Å². The van der Waals surface area contributed by atoms with Crippen LogP contribution in [0.5, 0.6) is 0 Å². The van der Waals surface area contributed by atoms with Crippen LogP contribution in [-0.2, 0) is 9.59 Å². The van der Waals surface area contributed by atoms with Crippen LogP contribution in [0.3, 0.4) is 0 Å². The Balaban J connectivity index is 2.02. The lowest BCUT2D eigenvalue weighted by molar-refractivity contribution is -0.148. The van der Waals surface area contributed by atoms with E-state index in [-0.39, 0.29) is 11.8 Å². The number of likely N-dealkylation sites (tertiary alicyclic amines) is 1. The van der Waals surface area contributed by atoms with Gasteiger partial charge >= 0.3 is 5.97 Å². The molecule has 14 heavy (non-hydrogen) atoms. The van der Waals surface area contributed by atoms with Crippen molar-refractivity contribution < 1.29 is 14.7 Å². The second-order valence-electron chi connectivity index (χ2n) is 4.35. The SMILES string of the molecule is C[C@H]1C[C@@H]1C(=O)N1CCC[C@@H]1C(=O)O. The fourth-order valence-electron chi connectivity index (χ4n) is 2.17. The van der Waals surface area contributed by atoms with Crippen LogP contribution in [0.25, 0.3) is 0 Å². The largest absolute Gasteiger partial charge is 0.480 e. The van der Waals surface area contributed by atoms with Crippen LogP contribution in [0, 0.1) is 11.8 Å². The van der Waals surface area contributed by atoms with Gasteiger partial charge in [-0.3, -0.25) is 4.79 Å². The molecule has 0 aromatic heterocycles. The molecular weight excluding hydrogens is 182 g/mol. The molecule has 4 heteroatoms. The Morgan fingerprint density at radius 3 is 2.57 bits per heavy atom. The Hall–Kier alpha value is -1.06. The van der Waals surface area contributed by atoms with Crippen molar-refractivity contribution in [2.24, 2.45) is 11.8 Å². The third kappa shape index (κ3) is 1.49. The van der Waals surface area contributed by atoms with E-state index in [1.54, 1.807) is 4.90 Å². The van der Waals surface area contributed by atoms with Gasteiger partial charge in [-0.05, 0) is 25.2 Å². The summed E-state index contributed by atoms with van der Waals surface area (Å²) in [6.45, 7) is 2.66. The van der Waals surface area contributed by atoms with Crippen LogP contribution in [0.15, 0.2) is 0 Å². The smallest absolute Gasteiger partial charge is 0.326 e. The van der Waals surface area contributed by atoms with Gasteiger partial charge in [0.05, 0.1) is 0 Å². The van der Waals surface area contributed by atoms with Crippen LogP contribution in [0.4, 0.5) is 0 Å². The minimum absolute atomic E-state index is 0.0578. The highest BCUT2D eigenvalue weighted by atomic mass is 16.4. The fourth-order valence-corrected chi connectivity index (χ4v) is 2.17. The van der Waals surface area contributed by atoms with E-state index in [1.807, 2.05) is 6.92 Å². The topological polar surface area (TPSA) is 57.6 Å². The molecule has 1 aliphatic heterocycles. The molecule has 78 valence electrons. The average Bonchev–Trinajstić information content (AvgIpc) is 2.69. The van der Waals surface area contributed by atoms with E-state index in [2.05, 4.69) is 0 Å². The van der Waals surface area contributed by atoms with Crippen LogP contribution >= 0.6 is 0 Å². The maximum atomic E-state index is 11.8. The van der Waals surface area contributed by atoms with E-state index in [9.17, 15) is 9.59 Å². The van der Waals surface area contributed by atoms with E-state index < -0.39 is 12.0 Å². The molecule has 3 atom stereocenters. The molecule has 4 nitrogen and oxygen atoms in total. The Labute approximate surface area is 82.9 Å². The number of carbonyl (C=O) groups excluding carboxylic acids is 1. The molecule has 2 fully saturated rings. The van der Waals surface area contributed by atoms with Gasteiger partial charge in [0.15, 0.2) is 0 Å². The number of hydrogen-bond donors (Lipinski definition) is 1. The molecule has 0 bridgehead atoms. The molecule has 0 aromatic carbocycles. The molecule has 1 saturated carbocycles. The van der Waals surface area contributed by atoms with E-state index in [0.717, 1.165) is 12.8 Å². The third-order valence-corrected chi connectivity index (χ3v) is 3.25. The summed E-state index contributed by atoms with van der Waals surface area (Å²) in [6, 6.07) is -0.560. The lowest BCUT2D eigenvalue weighted by Crippen LogP contribution is -2.41. The number of carbonyl (C=O) groups is 2. The molecule has 0 spiro atoms. The number of hydrogen-bond acceptors (Lipinski definition) is 2. The molecule has 2 rings (SSSR count). The summed E-state index contributed by atoms with van der Waals surface area (Å²) in [6.07, 6.45) is 2.37. The zero-order chi connectivity index (χ0) is 10.3. The normalized spacial score (nSPS) is 35.8. The van der Waals surface area contributed by atoms with Crippen molar-refractivity contribution in [3.63, 3.8) is 0 Å². The quantitative estimate of drug-likeness (QED) is 0.709. The van der Waals surface area contributed by atoms with E-state index in [0.29, 0.717) is 18.9 Å². The van der Waals surface area contributed by atoms with Gasteiger partial charge in [0, 0.05) is 12.5 Å².